The molecule has 4 heteroatoms. The highest BCUT2D eigenvalue weighted by Gasteiger charge is 2.15. The number of hydrogen-bond donors (Lipinski definition) is 1. The van der Waals surface area contributed by atoms with E-state index in [0.717, 1.165) is 34.1 Å². The topological polar surface area (TPSA) is 46.2 Å². The average molecular weight is 386 g/mol. The maximum Gasteiger partial charge on any atom is 0.224 e. The number of carbonyl (C=O) groups is 2. The van der Waals surface area contributed by atoms with Gasteiger partial charge in [0.1, 0.15) is 0 Å². The van der Waals surface area contributed by atoms with Gasteiger partial charge in [-0.2, -0.15) is 0 Å². The molecule has 0 unspecified atom stereocenters. The molecule has 1 amide bonds. The van der Waals surface area contributed by atoms with Crippen molar-refractivity contribution in [3.05, 3.63) is 63.1 Å². The summed E-state index contributed by atoms with van der Waals surface area (Å²) in [5.74, 6) is -0.0951. The quantitative estimate of drug-likeness (QED) is 0.747. The van der Waals surface area contributed by atoms with Crippen molar-refractivity contribution < 1.29 is 9.59 Å². The lowest BCUT2D eigenvalue weighted by Crippen LogP contribution is -2.14. The van der Waals surface area contributed by atoms with Crippen LogP contribution >= 0.6 is 15.9 Å². The van der Waals surface area contributed by atoms with E-state index in [1.807, 2.05) is 37.3 Å². The lowest BCUT2D eigenvalue weighted by Gasteiger charge is -2.09. The Hall–Kier alpha value is -1.94. The lowest BCUT2D eigenvalue weighted by molar-refractivity contribution is -0.116. The molecule has 3 rings (SSSR count). The van der Waals surface area contributed by atoms with Crippen molar-refractivity contribution in [2.75, 3.05) is 5.32 Å². The molecule has 0 spiro atoms. The monoisotopic (exact) mass is 385 g/mol. The number of carbonyl (C=O) groups excluding carboxylic acids is 2. The summed E-state index contributed by atoms with van der Waals surface area (Å²) in [6.07, 6.45) is 3.77. The normalized spacial score (nSPS) is 12.8. The fraction of sp³-hybridized carbons (Fsp3) is 0.300. The molecule has 0 bridgehead atoms. The van der Waals surface area contributed by atoms with Crippen LogP contribution in [0, 0.1) is 6.92 Å². The van der Waals surface area contributed by atoms with Gasteiger partial charge in [-0.25, -0.2) is 0 Å². The first-order valence-corrected chi connectivity index (χ1v) is 9.03. The third-order valence-corrected chi connectivity index (χ3v) is 4.96. The summed E-state index contributed by atoms with van der Waals surface area (Å²) in [7, 11) is 0. The zero-order valence-electron chi connectivity index (χ0n) is 13.7. The van der Waals surface area contributed by atoms with E-state index in [4.69, 9.17) is 0 Å². The summed E-state index contributed by atoms with van der Waals surface area (Å²) >= 11 is 3.40. The second-order valence-corrected chi connectivity index (χ2v) is 7.18. The largest absolute Gasteiger partial charge is 0.326 e. The maximum atomic E-state index is 12.3. The smallest absolute Gasteiger partial charge is 0.224 e. The fourth-order valence-corrected chi connectivity index (χ4v) is 3.57. The number of hydrogen-bond acceptors (Lipinski definition) is 2. The van der Waals surface area contributed by atoms with Gasteiger partial charge in [-0.05, 0) is 67.1 Å². The molecule has 1 N–H and O–H groups in total. The van der Waals surface area contributed by atoms with Gasteiger partial charge in [0.25, 0.3) is 0 Å². The number of ketones is 1. The van der Waals surface area contributed by atoms with Crippen LogP contribution in [0.3, 0.4) is 0 Å². The zero-order valence-corrected chi connectivity index (χ0v) is 15.3. The van der Waals surface area contributed by atoms with Gasteiger partial charge >= 0.3 is 0 Å². The summed E-state index contributed by atoms with van der Waals surface area (Å²) in [6, 6.07) is 11.6. The summed E-state index contributed by atoms with van der Waals surface area (Å²) in [4.78, 5) is 24.4. The number of aryl methyl sites for hydroxylation is 3. The Morgan fingerprint density at radius 3 is 2.62 bits per heavy atom. The van der Waals surface area contributed by atoms with Gasteiger partial charge in [0.05, 0.1) is 0 Å². The van der Waals surface area contributed by atoms with Crippen molar-refractivity contribution in [2.24, 2.45) is 0 Å². The van der Waals surface area contributed by atoms with Crippen molar-refractivity contribution in [1.82, 2.24) is 0 Å². The molecule has 0 atom stereocenters. The molecule has 0 saturated heterocycles. The highest BCUT2D eigenvalue weighted by atomic mass is 79.9. The molecular formula is C20H20BrNO2. The molecule has 0 heterocycles. The second kappa shape index (κ2) is 7.31. The third-order valence-electron chi connectivity index (χ3n) is 4.46. The van der Waals surface area contributed by atoms with E-state index < -0.39 is 0 Å². The molecule has 24 heavy (non-hydrogen) atoms. The van der Waals surface area contributed by atoms with Gasteiger partial charge in [0, 0.05) is 28.6 Å². The van der Waals surface area contributed by atoms with Crippen LogP contribution in [0.15, 0.2) is 40.9 Å². The van der Waals surface area contributed by atoms with E-state index >= 15 is 0 Å². The molecule has 3 nitrogen and oxygen atoms in total. The SMILES string of the molecule is Cc1cc(Br)ccc1NC(=O)CCC(=O)c1ccc2c(c1)CCC2. The van der Waals surface area contributed by atoms with E-state index in [1.54, 1.807) is 0 Å². The first kappa shape index (κ1) is 16.9. The Morgan fingerprint density at radius 1 is 1.04 bits per heavy atom. The standard InChI is InChI=1S/C20H20BrNO2/c1-13-11-17(21)7-8-18(13)22-20(24)10-9-19(23)16-6-5-14-3-2-4-15(14)12-16/h5-8,11-12H,2-4,9-10H2,1H3,(H,22,24). The Balaban J connectivity index is 1.57. The first-order valence-electron chi connectivity index (χ1n) is 8.24. The number of anilines is 1. The molecule has 0 aromatic heterocycles. The van der Waals surface area contributed by atoms with Crippen molar-refractivity contribution in [1.29, 1.82) is 0 Å². The van der Waals surface area contributed by atoms with Crippen LogP contribution in [-0.2, 0) is 17.6 Å². The van der Waals surface area contributed by atoms with E-state index in [-0.39, 0.29) is 24.5 Å². The average Bonchev–Trinajstić information content (AvgIpc) is 3.03. The van der Waals surface area contributed by atoms with E-state index in [1.165, 1.54) is 17.5 Å². The number of amides is 1. The van der Waals surface area contributed by atoms with Crippen LogP contribution < -0.4 is 5.32 Å². The molecule has 2 aromatic rings. The van der Waals surface area contributed by atoms with E-state index in [9.17, 15) is 9.59 Å². The number of Topliss-reactive ketones (excluding diaryl/α,β-unsaturated/α-hetero) is 1. The lowest BCUT2D eigenvalue weighted by atomic mass is 10.0. The first-order chi connectivity index (χ1) is 11.5. The number of rotatable bonds is 5. The van der Waals surface area contributed by atoms with Gasteiger partial charge in [0.2, 0.25) is 5.91 Å². The van der Waals surface area contributed by atoms with E-state index in [2.05, 4.69) is 27.3 Å². The van der Waals surface area contributed by atoms with E-state index in [0.29, 0.717) is 0 Å². The molecule has 2 aromatic carbocycles. The number of fused-ring (bicyclic) bond motifs is 1. The third kappa shape index (κ3) is 3.93. The molecule has 124 valence electrons. The fourth-order valence-electron chi connectivity index (χ4n) is 3.10. The second-order valence-electron chi connectivity index (χ2n) is 6.27. The van der Waals surface area contributed by atoms with Crippen molar-refractivity contribution >= 4 is 33.3 Å². The highest BCUT2D eigenvalue weighted by Crippen LogP contribution is 2.24. The van der Waals surface area contributed by atoms with Crippen LogP contribution in [0.4, 0.5) is 5.69 Å². The minimum atomic E-state index is -0.130. The molecule has 0 fully saturated rings. The minimum absolute atomic E-state index is 0.0346. The van der Waals surface area contributed by atoms with Crippen LogP contribution in [-0.4, -0.2) is 11.7 Å². The number of nitrogens with one attached hydrogen (secondary N) is 1. The van der Waals surface area contributed by atoms with Crippen LogP contribution in [0.5, 0.6) is 0 Å². The summed E-state index contributed by atoms with van der Waals surface area (Å²) in [6.45, 7) is 1.94. The minimum Gasteiger partial charge on any atom is -0.326 e. The van der Waals surface area contributed by atoms with Gasteiger partial charge in [-0.15, -0.1) is 0 Å². The Morgan fingerprint density at radius 2 is 1.83 bits per heavy atom. The van der Waals surface area contributed by atoms with Crippen LogP contribution in [0.2, 0.25) is 0 Å². The number of halogens is 1. The Bertz CT molecular complexity index is 798. The molecule has 0 aliphatic heterocycles. The summed E-state index contributed by atoms with van der Waals surface area (Å²) in [5.41, 5.74) is 5.14. The molecular weight excluding hydrogens is 366 g/mol. The number of benzene rings is 2. The molecule has 0 radical (unpaired) electrons. The molecule has 1 aliphatic rings. The molecule has 1 aliphatic carbocycles. The molecule has 0 saturated carbocycles. The van der Waals surface area contributed by atoms with Gasteiger partial charge < -0.3 is 5.32 Å². The van der Waals surface area contributed by atoms with Gasteiger partial charge in [0.15, 0.2) is 5.78 Å². The van der Waals surface area contributed by atoms with Crippen LogP contribution in [0.25, 0.3) is 0 Å². The Kier molecular flexibility index (Phi) is 5.14. The van der Waals surface area contributed by atoms with Gasteiger partial charge in [-0.3, -0.25) is 9.59 Å². The van der Waals surface area contributed by atoms with Crippen molar-refractivity contribution in [3.8, 4) is 0 Å². The Labute approximate surface area is 150 Å². The highest BCUT2D eigenvalue weighted by molar-refractivity contribution is 9.10. The zero-order chi connectivity index (χ0) is 17.1. The maximum absolute atomic E-state index is 12.3. The predicted molar refractivity (Wildman–Crippen MR) is 99.5 cm³/mol. The van der Waals surface area contributed by atoms with Crippen molar-refractivity contribution in [2.45, 2.75) is 39.0 Å². The summed E-state index contributed by atoms with van der Waals surface area (Å²) in [5, 5.41) is 2.87. The van der Waals surface area contributed by atoms with Crippen LogP contribution in [0.1, 0.15) is 46.3 Å². The van der Waals surface area contributed by atoms with Crippen molar-refractivity contribution in [3.63, 3.8) is 0 Å². The summed E-state index contributed by atoms with van der Waals surface area (Å²) < 4.78 is 0.977. The predicted octanol–water partition coefficient (Wildman–Crippen LogP) is 4.85. The van der Waals surface area contributed by atoms with Gasteiger partial charge in [-0.1, -0.05) is 28.1 Å².